The lowest BCUT2D eigenvalue weighted by atomic mass is 10.1. The zero-order valence-electron chi connectivity index (χ0n) is 16.0. The molecule has 1 unspecified atom stereocenters. The lowest BCUT2D eigenvalue weighted by Gasteiger charge is -2.29. The molecule has 1 aromatic heterocycles. The highest BCUT2D eigenvalue weighted by molar-refractivity contribution is 6.35. The van der Waals surface area contributed by atoms with Crippen LogP contribution in [0.1, 0.15) is 31.2 Å². The average Bonchev–Trinajstić information content (AvgIpc) is 3.06. The van der Waals surface area contributed by atoms with Gasteiger partial charge in [-0.1, -0.05) is 29.6 Å². The fourth-order valence-electron chi connectivity index (χ4n) is 3.56. The largest absolute Gasteiger partial charge is 0.504 e. The van der Waals surface area contributed by atoms with Gasteiger partial charge in [0.2, 0.25) is 0 Å². The number of hydrogen-bond acceptors (Lipinski definition) is 5. The topological polar surface area (TPSA) is 73.6 Å². The summed E-state index contributed by atoms with van der Waals surface area (Å²) in [6, 6.07) is 10.5. The number of aliphatic hydroxyl groups is 1. The lowest BCUT2D eigenvalue weighted by Crippen LogP contribution is -2.43. The Morgan fingerprint density at radius 2 is 1.73 bits per heavy atom. The highest BCUT2D eigenvalue weighted by atomic mass is 35.5. The van der Waals surface area contributed by atoms with Crippen LogP contribution < -0.4 is 5.43 Å². The van der Waals surface area contributed by atoms with Crippen LogP contribution in [0.5, 0.6) is 5.75 Å². The van der Waals surface area contributed by atoms with Gasteiger partial charge in [0.15, 0.2) is 12.0 Å². The third-order valence-electron chi connectivity index (χ3n) is 5.06. The fourth-order valence-corrected chi connectivity index (χ4v) is 4.05. The Morgan fingerprint density at radius 1 is 1.03 bits per heavy atom. The number of rotatable bonds is 5. The summed E-state index contributed by atoms with van der Waals surface area (Å²) in [5.74, 6) is -0.620. The Kier molecular flexibility index (Phi) is 6.26. The highest BCUT2D eigenvalue weighted by Gasteiger charge is 2.27. The van der Waals surface area contributed by atoms with Gasteiger partial charge in [0.1, 0.15) is 17.2 Å². The molecule has 6 nitrogen and oxygen atoms in total. The molecule has 158 valence electrons. The second-order valence-corrected chi connectivity index (χ2v) is 8.02. The van der Waals surface area contributed by atoms with Crippen molar-refractivity contribution in [2.75, 3.05) is 13.1 Å². The van der Waals surface area contributed by atoms with E-state index >= 15 is 0 Å². The number of aromatic hydroxyl groups is 1. The Labute approximate surface area is 183 Å². The number of aliphatic hydroxyl groups excluding tert-OH is 1. The van der Waals surface area contributed by atoms with Crippen LogP contribution >= 0.6 is 23.2 Å². The molecule has 1 atom stereocenters. The number of aromatic nitrogens is 2. The van der Waals surface area contributed by atoms with Crippen LogP contribution in [0.25, 0.3) is 16.9 Å². The van der Waals surface area contributed by atoms with Crippen molar-refractivity contribution in [3.63, 3.8) is 0 Å². The van der Waals surface area contributed by atoms with Crippen molar-refractivity contribution in [2.45, 2.75) is 25.5 Å². The maximum Gasteiger partial charge on any atom is 0.169 e. The molecule has 0 amide bonds. The number of nitrogens with one attached hydrogen (secondary N) is 1. The van der Waals surface area contributed by atoms with Gasteiger partial charge in [-0.2, -0.15) is 5.10 Å². The van der Waals surface area contributed by atoms with Crippen LogP contribution in [0, 0.1) is 5.82 Å². The van der Waals surface area contributed by atoms with Crippen LogP contribution in [-0.4, -0.2) is 38.1 Å². The summed E-state index contributed by atoms with van der Waals surface area (Å²) < 4.78 is 14.9. The van der Waals surface area contributed by atoms with Crippen molar-refractivity contribution < 1.29 is 14.6 Å². The number of hydrogen-bond donors (Lipinski definition) is 3. The first-order valence-electron chi connectivity index (χ1n) is 9.66. The molecule has 0 saturated carbocycles. The second kappa shape index (κ2) is 8.91. The molecule has 1 fully saturated rings. The summed E-state index contributed by atoms with van der Waals surface area (Å²) in [6.07, 6.45) is 1.98. The van der Waals surface area contributed by atoms with E-state index in [2.05, 4.69) is 10.5 Å². The van der Waals surface area contributed by atoms with Gasteiger partial charge in [-0.25, -0.2) is 19.5 Å². The smallest absolute Gasteiger partial charge is 0.169 e. The van der Waals surface area contributed by atoms with E-state index in [9.17, 15) is 14.6 Å². The zero-order valence-corrected chi connectivity index (χ0v) is 17.5. The summed E-state index contributed by atoms with van der Waals surface area (Å²) in [5.41, 5.74) is 4.31. The Hall–Kier alpha value is -2.16. The second-order valence-electron chi connectivity index (χ2n) is 7.18. The van der Waals surface area contributed by atoms with Gasteiger partial charge < -0.3 is 10.2 Å². The predicted molar refractivity (Wildman–Crippen MR) is 114 cm³/mol. The van der Waals surface area contributed by atoms with E-state index in [-0.39, 0.29) is 17.1 Å². The first-order chi connectivity index (χ1) is 14.4. The minimum atomic E-state index is -1.23. The quantitative estimate of drug-likeness (QED) is 0.492. The number of benzene rings is 2. The summed E-state index contributed by atoms with van der Waals surface area (Å²) in [5, 5.41) is 28.8. The van der Waals surface area contributed by atoms with E-state index in [1.807, 2.05) is 5.01 Å². The standard InChI is InChI=1S/C21H21Cl2FN4O2/c22-14-6-9-17(16(23)12-14)28-19(13-4-7-15(24)8-5-13)20(29)18(25-28)21(30)26-27-10-2-1-3-11-27/h4-9,12,21,26,29-30H,1-3,10-11H2. The molecular formula is C21H21Cl2FN4O2. The van der Waals surface area contributed by atoms with Crippen molar-refractivity contribution in [3.05, 3.63) is 64.0 Å². The van der Waals surface area contributed by atoms with Crippen LogP contribution in [-0.2, 0) is 0 Å². The van der Waals surface area contributed by atoms with E-state index in [1.54, 1.807) is 18.2 Å². The van der Waals surface area contributed by atoms with E-state index in [4.69, 9.17) is 23.2 Å². The zero-order chi connectivity index (χ0) is 21.3. The van der Waals surface area contributed by atoms with E-state index in [0.717, 1.165) is 32.4 Å². The number of halogens is 3. The maximum atomic E-state index is 13.5. The first kappa shape index (κ1) is 21.1. The molecule has 0 radical (unpaired) electrons. The van der Waals surface area contributed by atoms with Crippen LogP contribution in [0.3, 0.4) is 0 Å². The van der Waals surface area contributed by atoms with Gasteiger partial charge in [0.05, 0.1) is 10.7 Å². The minimum Gasteiger partial charge on any atom is -0.504 e. The fraction of sp³-hybridized carbons (Fsp3) is 0.286. The summed E-state index contributed by atoms with van der Waals surface area (Å²) in [6.45, 7) is 1.60. The summed E-state index contributed by atoms with van der Waals surface area (Å²) >= 11 is 12.4. The molecule has 30 heavy (non-hydrogen) atoms. The normalized spacial score (nSPS) is 16.0. The van der Waals surface area contributed by atoms with Crippen LogP contribution in [0.4, 0.5) is 4.39 Å². The Morgan fingerprint density at radius 3 is 2.40 bits per heavy atom. The molecule has 3 N–H and O–H groups in total. The Bertz CT molecular complexity index is 1040. The molecule has 3 aromatic rings. The molecule has 0 aliphatic carbocycles. The number of hydrazine groups is 1. The molecule has 1 aliphatic rings. The van der Waals surface area contributed by atoms with Crippen LogP contribution in [0.2, 0.25) is 10.0 Å². The molecule has 9 heteroatoms. The molecule has 4 rings (SSSR count). The monoisotopic (exact) mass is 450 g/mol. The van der Waals surface area contributed by atoms with Crippen LogP contribution in [0.15, 0.2) is 42.5 Å². The minimum absolute atomic E-state index is 0.0471. The molecule has 0 spiro atoms. The van der Waals surface area contributed by atoms with E-state index in [0.29, 0.717) is 21.3 Å². The van der Waals surface area contributed by atoms with Gasteiger partial charge in [0.25, 0.3) is 0 Å². The van der Waals surface area contributed by atoms with E-state index < -0.39 is 12.0 Å². The van der Waals surface area contributed by atoms with Crippen molar-refractivity contribution in [2.24, 2.45) is 0 Å². The van der Waals surface area contributed by atoms with Gasteiger partial charge in [-0.05, 0) is 55.3 Å². The highest BCUT2D eigenvalue weighted by Crippen LogP contribution is 2.38. The third-order valence-corrected chi connectivity index (χ3v) is 5.60. The average molecular weight is 451 g/mol. The van der Waals surface area contributed by atoms with Crippen molar-refractivity contribution in [3.8, 4) is 22.7 Å². The molecular weight excluding hydrogens is 430 g/mol. The number of piperidine rings is 1. The molecule has 2 heterocycles. The lowest BCUT2D eigenvalue weighted by molar-refractivity contribution is 0.0191. The van der Waals surface area contributed by atoms with Crippen molar-refractivity contribution >= 4 is 23.2 Å². The molecule has 1 aliphatic heterocycles. The van der Waals surface area contributed by atoms with Gasteiger partial charge in [-0.15, -0.1) is 0 Å². The molecule has 2 aromatic carbocycles. The number of nitrogens with zero attached hydrogens (tertiary/aromatic N) is 3. The predicted octanol–water partition coefficient (Wildman–Crippen LogP) is 4.67. The Balaban J connectivity index is 1.79. The molecule has 1 saturated heterocycles. The maximum absolute atomic E-state index is 13.5. The van der Waals surface area contributed by atoms with Gasteiger partial charge in [0, 0.05) is 23.7 Å². The van der Waals surface area contributed by atoms with Gasteiger partial charge >= 0.3 is 0 Å². The summed E-state index contributed by atoms with van der Waals surface area (Å²) in [7, 11) is 0. The third kappa shape index (κ3) is 4.31. The SMILES string of the molecule is Oc1c(C(O)NN2CCCCC2)nn(-c2ccc(Cl)cc2Cl)c1-c1ccc(F)cc1. The first-order valence-corrected chi connectivity index (χ1v) is 10.4. The van der Waals surface area contributed by atoms with Crippen molar-refractivity contribution in [1.82, 2.24) is 20.2 Å². The van der Waals surface area contributed by atoms with E-state index in [1.165, 1.54) is 28.9 Å². The summed E-state index contributed by atoms with van der Waals surface area (Å²) in [4.78, 5) is 0. The molecule has 0 bridgehead atoms. The van der Waals surface area contributed by atoms with Gasteiger partial charge in [-0.3, -0.25) is 0 Å². The van der Waals surface area contributed by atoms with Crippen molar-refractivity contribution in [1.29, 1.82) is 0 Å².